The van der Waals surface area contributed by atoms with Crippen LogP contribution in [-0.4, -0.2) is 29.9 Å². The van der Waals surface area contributed by atoms with Gasteiger partial charge in [-0.25, -0.2) is 0 Å². The van der Waals surface area contributed by atoms with Crippen molar-refractivity contribution in [2.75, 3.05) is 13.1 Å². The number of amides is 1. The van der Waals surface area contributed by atoms with Crippen LogP contribution in [0.15, 0.2) is 30.3 Å². The molecule has 2 N–H and O–H groups in total. The highest BCUT2D eigenvalue weighted by Crippen LogP contribution is 2.33. The second kappa shape index (κ2) is 8.33. The van der Waals surface area contributed by atoms with Crippen LogP contribution in [0, 0.1) is 5.92 Å². The molecular formula is C19H32N2O. The molecule has 3 heteroatoms. The van der Waals surface area contributed by atoms with E-state index in [0.29, 0.717) is 5.92 Å². The average Bonchev–Trinajstić information content (AvgIpc) is 3.37. The Morgan fingerprint density at radius 3 is 2.36 bits per heavy atom. The smallest absolute Gasteiger partial charge is 0.239 e. The summed E-state index contributed by atoms with van der Waals surface area (Å²) in [6, 6.07) is 10.1. The summed E-state index contributed by atoms with van der Waals surface area (Å²) in [7, 11) is 0. The van der Waals surface area contributed by atoms with Crippen LogP contribution >= 0.6 is 0 Å². The highest BCUT2D eigenvalue weighted by molar-refractivity contribution is 5.82. The molecular weight excluding hydrogens is 272 g/mol. The number of carbonyl (C=O) groups excluding carboxylic acids is 1. The van der Waals surface area contributed by atoms with E-state index >= 15 is 0 Å². The number of nitrogens with zero attached hydrogens (tertiary/aromatic N) is 1. The molecule has 2 atom stereocenters. The number of nitrogens with two attached hydrogens (primary N) is 1. The summed E-state index contributed by atoms with van der Waals surface area (Å²) in [5.74, 6) is 1.28. The van der Waals surface area contributed by atoms with Crippen molar-refractivity contribution < 1.29 is 6.22 Å². The Kier molecular flexibility index (Phi) is 6.44. The molecule has 2 unspecified atom stereocenters. The molecule has 3 nitrogen and oxygen atoms in total. The van der Waals surface area contributed by atoms with E-state index in [2.05, 4.69) is 38.1 Å². The Morgan fingerprint density at radius 1 is 1.18 bits per heavy atom. The molecule has 2 fully saturated rings. The molecule has 0 aromatic heterocycles. The zero-order valence-electron chi connectivity index (χ0n) is 14.0. The highest BCUT2D eigenvalue weighted by atomic mass is 16.2. The number of carbonyl (C=O) groups is 1. The average molecular weight is 304 g/mol. The van der Waals surface area contributed by atoms with Crippen LogP contribution < -0.4 is 5.73 Å². The molecule has 22 heavy (non-hydrogen) atoms. The number of piperidine rings is 1. The Morgan fingerprint density at radius 2 is 1.82 bits per heavy atom. The van der Waals surface area contributed by atoms with E-state index in [4.69, 9.17) is 5.73 Å². The standard InChI is InChI=1S/C15H20N2O.C4H10.H2/c16-14-8-13(12-4-2-1-3-5-12)10-17(15(14)18)9-11-6-7-11;1-3-4-2;/h1-5,11,13-14H,6-10,16H2;3-4H2,1-2H3;1H. The number of hydrogen-bond acceptors (Lipinski definition) is 2. The number of unbranched alkanes of at least 4 members (excludes halogenated alkanes) is 1. The number of rotatable bonds is 4. The van der Waals surface area contributed by atoms with Gasteiger partial charge in [-0.3, -0.25) is 4.79 Å². The molecule has 0 bridgehead atoms. The first-order valence-corrected chi connectivity index (χ1v) is 8.75. The maximum Gasteiger partial charge on any atom is 0.239 e. The van der Waals surface area contributed by atoms with Gasteiger partial charge in [0.2, 0.25) is 5.91 Å². The summed E-state index contributed by atoms with van der Waals surface area (Å²) in [4.78, 5) is 14.1. The van der Waals surface area contributed by atoms with Gasteiger partial charge in [-0.05, 0) is 30.7 Å². The minimum absolute atomic E-state index is 0. The molecule has 0 radical (unpaired) electrons. The SMILES string of the molecule is CCCC.NC1CC(c2ccccc2)CN(CC2CC2)C1=O.[HH]. The first kappa shape index (κ1) is 17.0. The Bertz CT molecular complexity index is 460. The van der Waals surface area contributed by atoms with Gasteiger partial charge in [-0.1, -0.05) is 57.0 Å². The minimum Gasteiger partial charge on any atom is -0.340 e. The lowest BCUT2D eigenvalue weighted by Gasteiger charge is -2.36. The van der Waals surface area contributed by atoms with Crippen molar-refractivity contribution in [3.8, 4) is 0 Å². The van der Waals surface area contributed by atoms with E-state index in [9.17, 15) is 4.79 Å². The van der Waals surface area contributed by atoms with Gasteiger partial charge in [0.15, 0.2) is 0 Å². The maximum atomic E-state index is 12.1. The highest BCUT2D eigenvalue weighted by Gasteiger charge is 2.35. The summed E-state index contributed by atoms with van der Waals surface area (Å²) in [6.45, 7) is 6.11. The van der Waals surface area contributed by atoms with Crippen LogP contribution in [0.4, 0.5) is 0 Å². The molecule has 1 aliphatic carbocycles. The molecule has 1 saturated carbocycles. The number of hydrogen-bond donors (Lipinski definition) is 1. The van der Waals surface area contributed by atoms with Crippen molar-refractivity contribution in [3.05, 3.63) is 35.9 Å². The second-order valence-electron chi connectivity index (χ2n) is 6.64. The molecule has 1 heterocycles. The molecule has 1 amide bonds. The molecule has 2 aliphatic rings. The van der Waals surface area contributed by atoms with Crippen molar-refractivity contribution in [2.45, 2.75) is 57.9 Å². The topological polar surface area (TPSA) is 46.3 Å². The fourth-order valence-corrected chi connectivity index (χ4v) is 2.82. The third-order valence-corrected chi connectivity index (χ3v) is 4.55. The molecule has 1 saturated heterocycles. The molecule has 1 aromatic carbocycles. The lowest BCUT2D eigenvalue weighted by atomic mass is 9.88. The van der Waals surface area contributed by atoms with Crippen LogP contribution in [0.3, 0.4) is 0 Å². The van der Waals surface area contributed by atoms with Crippen LogP contribution in [-0.2, 0) is 4.79 Å². The molecule has 124 valence electrons. The summed E-state index contributed by atoms with van der Waals surface area (Å²) in [5, 5.41) is 0. The van der Waals surface area contributed by atoms with E-state index < -0.39 is 0 Å². The van der Waals surface area contributed by atoms with Crippen LogP contribution in [0.25, 0.3) is 0 Å². The molecule has 1 aromatic rings. The van der Waals surface area contributed by atoms with Gasteiger partial charge in [0, 0.05) is 20.4 Å². The third kappa shape index (κ3) is 4.84. The van der Waals surface area contributed by atoms with Gasteiger partial charge in [-0.15, -0.1) is 0 Å². The van der Waals surface area contributed by atoms with Crippen molar-refractivity contribution in [1.82, 2.24) is 4.90 Å². The predicted molar refractivity (Wildman–Crippen MR) is 93.8 cm³/mol. The lowest BCUT2D eigenvalue weighted by Crippen LogP contribution is -2.51. The first-order chi connectivity index (χ1) is 10.7. The lowest BCUT2D eigenvalue weighted by molar-refractivity contribution is -0.135. The zero-order chi connectivity index (χ0) is 15.9. The van der Waals surface area contributed by atoms with E-state index in [1.807, 2.05) is 11.0 Å². The third-order valence-electron chi connectivity index (χ3n) is 4.55. The summed E-state index contributed by atoms with van der Waals surface area (Å²) in [5.41, 5.74) is 7.31. The van der Waals surface area contributed by atoms with Crippen molar-refractivity contribution in [2.24, 2.45) is 11.7 Å². The largest absolute Gasteiger partial charge is 0.340 e. The van der Waals surface area contributed by atoms with E-state index in [-0.39, 0.29) is 13.4 Å². The molecule has 1 aliphatic heterocycles. The monoisotopic (exact) mass is 304 g/mol. The summed E-state index contributed by atoms with van der Waals surface area (Å²) >= 11 is 0. The Hall–Kier alpha value is -1.35. The second-order valence-corrected chi connectivity index (χ2v) is 6.64. The van der Waals surface area contributed by atoms with E-state index in [1.165, 1.54) is 31.2 Å². The van der Waals surface area contributed by atoms with Crippen LogP contribution in [0.5, 0.6) is 0 Å². The van der Waals surface area contributed by atoms with Crippen LogP contribution in [0.1, 0.15) is 58.9 Å². The van der Waals surface area contributed by atoms with Crippen molar-refractivity contribution >= 4 is 5.91 Å². The van der Waals surface area contributed by atoms with Crippen molar-refractivity contribution in [3.63, 3.8) is 0 Å². The van der Waals surface area contributed by atoms with Gasteiger partial charge in [0.05, 0.1) is 6.04 Å². The van der Waals surface area contributed by atoms with Gasteiger partial charge in [0.1, 0.15) is 0 Å². The van der Waals surface area contributed by atoms with Crippen molar-refractivity contribution in [1.29, 1.82) is 0 Å². The van der Waals surface area contributed by atoms with Gasteiger partial charge < -0.3 is 10.6 Å². The van der Waals surface area contributed by atoms with Gasteiger partial charge in [-0.2, -0.15) is 0 Å². The first-order valence-electron chi connectivity index (χ1n) is 8.75. The van der Waals surface area contributed by atoms with Gasteiger partial charge in [0.25, 0.3) is 0 Å². The minimum atomic E-state index is -0.317. The fraction of sp³-hybridized carbons (Fsp3) is 0.632. The quantitative estimate of drug-likeness (QED) is 0.920. The predicted octanol–water partition coefficient (Wildman–Crippen LogP) is 3.79. The van der Waals surface area contributed by atoms with Crippen LogP contribution in [0.2, 0.25) is 0 Å². The Labute approximate surface area is 136 Å². The number of likely N-dealkylation sites (tertiary alicyclic amines) is 1. The molecule has 3 rings (SSSR count). The summed E-state index contributed by atoms with van der Waals surface area (Å²) in [6.07, 6.45) is 5.97. The summed E-state index contributed by atoms with van der Waals surface area (Å²) < 4.78 is 0. The number of benzene rings is 1. The fourth-order valence-electron chi connectivity index (χ4n) is 2.82. The van der Waals surface area contributed by atoms with E-state index in [1.54, 1.807) is 0 Å². The maximum absolute atomic E-state index is 12.1. The van der Waals surface area contributed by atoms with E-state index in [0.717, 1.165) is 25.4 Å². The normalized spacial score (nSPS) is 24.7. The molecule has 0 spiro atoms. The Balaban J connectivity index is 0.000000478. The van der Waals surface area contributed by atoms with Gasteiger partial charge >= 0.3 is 0 Å². The zero-order valence-corrected chi connectivity index (χ0v) is 14.0.